The summed E-state index contributed by atoms with van der Waals surface area (Å²) >= 11 is 9.15. The number of halogens is 4. The Hall–Kier alpha value is 2.20. The Morgan fingerprint density at radius 2 is 2.00 bits per heavy atom. The van der Waals surface area contributed by atoms with Gasteiger partial charge in [0.25, 0.3) is -0.379 Å². The average Bonchev–Trinajstić information content (AvgIpc) is 1.91. The molecule has 0 spiro atoms. The summed E-state index contributed by atoms with van der Waals surface area (Å²) in [6.45, 7) is 0. The summed E-state index contributed by atoms with van der Waals surface area (Å²) in [5.41, 5.74) is 0. The third-order valence-electron chi connectivity index (χ3n) is 1.31. The molecule has 1 nitrogen and oxygen atoms in total. The third-order valence-corrected chi connectivity index (χ3v) is 2.93. The Morgan fingerprint density at radius 3 is 2.50 bits per heavy atom. The van der Waals surface area contributed by atoms with Crippen LogP contribution in [0.4, 0.5) is 0 Å². The van der Waals surface area contributed by atoms with E-state index in [1.165, 1.54) is 3.58 Å². The predicted octanol–water partition coefficient (Wildman–Crippen LogP) is 4.92. The third kappa shape index (κ3) is 4.62. The van der Waals surface area contributed by atoms with E-state index in [-0.39, 0.29) is -0.379 Å². The number of hydrogen-bond donors (Lipinski definition) is 0. The van der Waals surface area contributed by atoms with Gasteiger partial charge in [-0.3, -0.25) is 0 Å². The van der Waals surface area contributed by atoms with Crippen LogP contribution >= 0.6 is 90.4 Å². The molecule has 1 aliphatic carbocycles. The van der Waals surface area contributed by atoms with E-state index in [0.717, 1.165) is 18.6 Å². The summed E-state index contributed by atoms with van der Waals surface area (Å²) in [6.07, 6.45) is 6.44. The second-order valence-electron chi connectivity index (χ2n) is 2.26. The zero-order valence-electron chi connectivity index (χ0n) is 5.99. The number of allylic oxidation sites excluding steroid dienone is 4. The molecule has 68 valence electrons. The zero-order chi connectivity index (χ0) is 9.19. The predicted molar refractivity (Wildman–Crippen MR) is 85.3 cm³/mol. The van der Waals surface area contributed by atoms with Gasteiger partial charge in [-0.15, -0.1) is 0 Å². The Bertz CT molecular complexity index is 226. The van der Waals surface area contributed by atoms with Crippen molar-refractivity contribution in [3.8, 4) is 0 Å². The van der Waals surface area contributed by atoms with E-state index in [1.54, 1.807) is 0 Å². The molecule has 0 aliphatic heterocycles. The molecule has 1 rings (SSSR count). The van der Waals surface area contributed by atoms with Gasteiger partial charge in [-0.1, -0.05) is 6.08 Å². The van der Waals surface area contributed by atoms with E-state index < -0.39 is 0 Å². The van der Waals surface area contributed by atoms with E-state index in [2.05, 4.69) is 103 Å². The molecule has 0 unspecified atom stereocenters. The monoisotopic (exact) mass is 614 g/mol. The van der Waals surface area contributed by atoms with Crippen LogP contribution in [0.15, 0.2) is 21.5 Å². The summed E-state index contributed by atoms with van der Waals surface area (Å²) in [6, 6.07) is 0. The lowest BCUT2D eigenvalue weighted by Crippen LogP contribution is -2.07. The minimum atomic E-state index is -0.149. The zero-order valence-corrected chi connectivity index (χ0v) is 14.6. The lowest BCUT2D eigenvalue weighted by molar-refractivity contribution is 0.246. The van der Waals surface area contributed by atoms with Gasteiger partial charge in [0.1, 0.15) is 5.76 Å². The van der Waals surface area contributed by atoms with Crippen LogP contribution in [0.5, 0.6) is 0 Å². The number of ether oxygens (including phenoxy) is 1. The highest BCUT2D eigenvalue weighted by molar-refractivity contribution is 14.3. The minimum Gasteiger partial charge on any atom is -0.462 e. The number of alkyl halides is 3. The number of hydrogen-bond acceptors (Lipinski definition) is 1. The fourth-order valence-electron chi connectivity index (χ4n) is 0.853. The largest absolute Gasteiger partial charge is 0.462 e. The summed E-state index contributed by atoms with van der Waals surface area (Å²) < 4.78 is 6.85. The van der Waals surface area contributed by atoms with Crippen molar-refractivity contribution in [2.45, 2.75) is 12.5 Å². The van der Waals surface area contributed by atoms with Gasteiger partial charge in [-0.2, -0.15) is 0 Å². The molecular weight excluding hydrogens is 608 g/mol. The first-order valence-electron chi connectivity index (χ1n) is 3.30. The second kappa shape index (κ2) is 5.33. The van der Waals surface area contributed by atoms with Crippen LogP contribution in [0, 0.1) is 0 Å². The molecule has 0 atom stereocenters. The average molecular weight is 614 g/mol. The maximum atomic E-state index is 5.77. The molecule has 5 heteroatoms. The Balaban J connectivity index is 2.68. The summed E-state index contributed by atoms with van der Waals surface area (Å²) in [5.74, 6) is 1.12. The molecule has 0 aromatic rings. The first-order valence-corrected chi connectivity index (χ1v) is 7.61. The molecule has 12 heavy (non-hydrogen) atoms. The van der Waals surface area contributed by atoms with Gasteiger partial charge in [0.15, 0.2) is 0 Å². The van der Waals surface area contributed by atoms with Crippen molar-refractivity contribution in [1.82, 2.24) is 0 Å². The molecule has 0 N–H and O–H groups in total. The van der Waals surface area contributed by atoms with E-state index in [0.29, 0.717) is 0 Å². The highest BCUT2D eigenvalue weighted by atomic mass is 127. The molecule has 1 aliphatic rings. The molecule has 0 amide bonds. The van der Waals surface area contributed by atoms with Gasteiger partial charge in [-0.25, -0.2) is 0 Å². The van der Waals surface area contributed by atoms with Gasteiger partial charge < -0.3 is 4.74 Å². The molecule has 0 saturated carbocycles. The van der Waals surface area contributed by atoms with Crippen LogP contribution in [0.2, 0.25) is 0 Å². The molecule has 0 saturated heterocycles. The second-order valence-corrected chi connectivity index (χ2v) is 14.2. The van der Waals surface area contributed by atoms with E-state index in [9.17, 15) is 0 Å². The highest BCUT2D eigenvalue weighted by Gasteiger charge is 2.22. The van der Waals surface area contributed by atoms with Crippen LogP contribution in [-0.4, -0.2) is -0.379 Å². The first kappa shape index (κ1) is 12.3. The topological polar surface area (TPSA) is 9.23 Å². The van der Waals surface area contributed by atoms with E-state index in [4.69, 9.17) is 4.74 Å². The Kier molecular flexibility index (Phi) is 5.45. The lowest BCUT2D eigenvalue weighted by atomic mass is 10.2. The molecular formula is C7H6I4O. The standard InChI is InChI=1S/C7H6I4O/c8-5-3-1-2-4-6(5)12-7(9,10)11/h1,3H,2,4H2. The fraction of sp³-hybridized carbons (Fsp3) is 0.429. The van der Waals surface area contributed by atoms with Crippen LogP contribution in [0.1, 0.15) is 12.8 Å². The lowest BCUT2D eigenvalue weighted by Gasteiger charge is -2.20. The normalized spacial score (nSPS) is 18.3. The van der Waals surface area contributed by atoms with Crippen molar-refractivity contribution in [2.75, 3.05) is 0 Å². The number of rotatable bonds is 2. The summed E-state index contributed by atoms with van der Waals surface area (Å²) in [4.78, 5) is 0. The fourth-order valence-corrected chi connectivity index (χ4v) is 2.28. The molecule has 0 heterocycles. The Morgan fingerprint density at radius 1 is 1.33 bits per heavy atom. The van der Waals surface area contributed by atoms with Gasteiger partial charge in [0.2, 0.25) is 0 Å². The van der Waals surface area contributed by atoms with Gasteiger partial charge >= 0.3 is 0 Å². The molecule has 0 radical (unpaired) electrons. The van der Waals surface area contributed by atoms with Crippen LogP contribution in [0.3, 0.4) is 0 Å². The maximum Gasteiger partial charge on any atom is 0.257 e. The first-order chi connectivity index (χ1) is 5.49. The van der Waals surface area contributed by atoms with Crippen LogP contribution in [-0.2, 0) is 4.74 Å². The van der Waals surface area contributed by atoms with E-state index >= 15 is 0 Å². The molecule has 0 aromatic carbocycles. The van der Waals surface area contributed by atoms with Gasteiger partial charge in [-0.05, 0) is 103 Å². The quantitative estimate of drug-likeness (QED) is 0.318. The van der Waals surface area contributed by atoms with Gasteiger partial charge in [0, 0.05) is 6.42 Å². The van der Waals surface area contributed by atoms with Crippen molar-refractivity contribution in [3.05, 3.63) is 21.5 Å². The summed E-state index contributed by atoms with van der Waals surface area (Å²) in [5, 5.41) is 0. The van der Waals surface area contributed by atoms with Crippen molar-refractivity contribution >= 4 is 90.4 Å². The highest BCUT2D eigenvalue weighted by Crippen LogP contribution is 2.41. The maximum absolute atomic E-state index is 5.77. The minimum absolute atomic E-state index is 0.149. The Labute approximate surface area is 127 Å². The smallest absolute Gasteiger partial charge is 0.257 e. The molecule has 0 bridgehead atoms. The van der Waals surface area contributed by atoms with Crippen molar-refractivity contribution in [1.29, 1.82) is 0 Å². The van der Waals surface area contributed by atoms with E-state index in [1.807, 2.05) is 0 Å². The van der Waals surface area contributed by atoms with Crippen LogP contribution in [0.25, 0.3) is 0 Å². The van der Waals surface area contributed by atoms with Crippen molar-refractivity contribution in [2.24, 2.45) is 0 Å². The van der Waals surface area contributed by atoms with Crippen molar-refractivity contribution < 1.29 is 4.74 Å². The van der Waals surface area contributed by atoms with Crippen LogP contribution < -0.4 is 0 Å². The molecule has 0 fully saturated rings. The SMILES string of the molecule is IC1=C(OC(I)(I)I)CCC=C1. The molecule has 0 aromatic heterocycles. The van der Waals surface area contributed by atoms with Gasteiger partial charge in [0.05, 0.1) is 3.58 Å². The summed E-state index contributed by atoms with van der Waals surface area (Å²) in [7, 11) is 0. The van der Waals surface area contributed by atoms with Crippen molar-refractivity contribution in [3.63, 3.8) is 0 Å².